The number of piperidine rings is 1. The van der Waals surface area contributed by atoms with Crippen molar-refractivity contribution in [3.63, 3.8) is 0 Å². The van der Waals surface area contributed by atoms with Gasteiger partial charge in [-0.25, -0.2) is 0 Å². The van der Waals surface area contributed by atoms with Crippen molar-refractivity contribution in [2.24, 2.45) is 5.92 Å². The van der Waals surface area contributed by atoms with Gasteiger partial charge in [0.25, 0.3) is 5.69 Å². The van der Waals surface area contributed by atoms with Crippen molar-refractivity contribution < 1.29 is 19.6 Å². The molecular formula is C16H21N3O5. The minimum atomic E-state index is -0.877. The number of carboxylic acids is 1. The maximum absolute atomic E-state index is 12.3. The smallest absolute Gasteiger partial charge is 0.308 e. The Balaban J connectivity index is 1.91. The fourth-order valence-electron chi connectivity index (χ4n) is 2.89. The van der Waals surface area contributed by atoms with E-state index in [1.807, 2.05) is 6.92 Å². The van der Waals surface area contributed by atoms with Crippen LogP contribution in [0.3, 0.4) is 0 Å². The fourth-order valence-corrected chi connectivity index (χ4v) is 2.89. The van der Waals surface area contributed by atoms with Gasteiger partial charge in [0.2, 0.25) is 5.91 Å². The predicted octanol–water partition coefficient (Wildman–Crippen LogP) is 2.11. The summed E-state index contributed by atoms with van der Waals surface area (Å²) in [5, 5.41) is 23.0. The van der Waals surface area contributed by atoms with Gasteiger partial charge in [0.15, 0.2) is 0 Å². The normalized spacial score (nSPS) is 20.5. The highest BCUT2D eigenvalue weighted by atomic mass is 16.6. The van der Waals surface area contributed by atoms with Crippen LogP contribution in [0.5, 0.6) is 0 Å². The van der Waals surface area contributed by atoms with Crippen molar-refractivity contribution in [2.45, 2.75) is 32.2 Å². The van der Waals surface area contributed by atoms with E-state index >= 15 is 0 Å². The number of anilines is 1. The van der Waals surface area contributed by atoms with Crippen molar-refractivity contribution in [3.8, 4) is 0 Å². The van der Waals surface area contributed by atoms with Gasteiger partial charge in [-0.2, -0.15) is 0 Å². The number of rotatable bonds is 6. The molecule has 24 heavy (non-hydrogen) atoms. The van der Waals surface area contributed by atoms with Crippen LogP contribution in [0.1, 0.15) is 26.2 Å². The Hall–Kier alpha value is -2.64. The molecule has 1 aromatic carbocycles. The average molecular weight is 335 g/mol. The van der Waals surface area contributed by atoms with Crippen LogP contribution in [0.25, 0.3) is 0 Å². The Bertz CT molecular complexity index is 634. The zero-order valence-electron chi connectivity index (χ0n) is 13.5. The number of likely N-dealkylation sites (tertiary alicyclic amines) is 1. The van der Waals surface area contributed by atoms with Crippen LogP contribution in [0.2, 0.25) is 0 Å². The van der Waals surface area contributed by atoms with Crippen molar-refractivity contribution in [3.05, 3.63) is 34.4 Å². The average Bonchev–Trinajstić information content (AvgIpc) is 2.55. The molecule has 0 radical (unpaired) electrons. The van der Waals surface area contributed by atoms with Crippen molar-refractivity contribution in [2.75, 3.05) is 18.4 Å². The molecule has 1 aliphatic heterocycles. The summed E-state index contributed by atoms with van der Waals surface area (Å²) in [5.41, 5.74) is 0.327. The molecule has 1 heterocycles. The number of para-hydroxylation sites is 2. The van der Waals surface area contributed by atoms with E-state index in [1.165, 1.54) is 6.07 Å². The van der Waals surface area contributed by atoms with E-state index < -0.39 is 16.8 Å². The molecule has 0 aromatic heterocycles. The van der Waals surface area contributed by atoms with Crippen LogP contribution in [-0.2, 0) is 9.59 Å². The second-order valence-electron chi connectivity index (χ2n) is 5.96. The number of nitro benzene ring substituents is 1. The SMILES string of the molecule is CC1CCC(C(=O)O)CN1C(=O)CCNc1ccccc1[N+](=O)[O-]. The molecule has 1 amide bonds. The van der Waals surface area contributed by atoms with E-state index in [4.69, 9.17) is 5.11 Å². The Labute approximate surface area is 139 Å². The standard InChI is InChI=1S/C16H21N3O5/c1-11-6-7-12(16(21)22)10-18(11)15(20)8-9-17-13-4-2-3-5-14(13)19(23)24/h2-5,11-12,17H,6-10H2,1H3,(H,21,22). The molecule has 8 heteroatoms. The molecular weight excluding hydrogens is 314 g/mol. The molecule has 1 aliphatic rings. The van der Waals surface area contributed by atoms with E-state index in [0.29, 0.717) is 18.5 Å². The first-order valence-corrected chi connectivity index (χ1v) is 7.89. The molecule has 8 nitrogen and oxygen atoms in total. The van der Waals surface area contributed by atoms with Crippen LogP contribution < -0.4 is 5.32 Å². The first-order valence-electron chi connectivity index (χ1n) is 7.89. The summed E-state index contributed by atoms with van der Waals surface area (Å²) < 4.78 is 0. The molecule has 0 saturated carbocycles. The molecule has 0 aliphatic carbocycles. The maximum Gasteiger partial charge on any atom is 0.308 e. The lowest BCUT2D eigenvalue weighted by Gasteiger charge is -2.36. The van der Waals surface area contributed by atoms with Gasteiger partial charge in [-0.05, 0) is 25.8 Å². The highest BCUT2D eigenvalue weighted by Crippen LogP contribution is 2.24. The van der Waals surface area contributed by atoms with Gasteiger partial charge in [-0.15, -0.1) is 0 Å². The first kappa shape index (κ1) is 17.7. The molecule has 1 aromatic rings. The summed E-state index contributed by atoms with van der Waals surface area (Å²) in [4.78, 5) is 35.5. The number of hydrogen-bond donors (Lipinski definition) is 2. The van der Waals surface area contributed by atoms with Gasteiger partial charge >= 0.3 is 5.97 Å². The second kappa shape index (κ2) is 7.76. The number of nitrogens with zero attached hydrogens (tertiary/aromatic N) is 2. The third-order valence-corrected chi connectivity index (χ3v) is 4.31. The van der Waals surface area contributed by atoms with Gasteiger partial charge in [-0.3, -0.25) is 19.7 Å². The summed E-state index contributed by atoms with van der Waals surface area (Å²) >= 11 is 0. The molecule has 2 rings (SSSR count). The Morgan fingerprint density at radius 2 is 2.08 bits per heavy atom. The number of amides is 1. The molecule has 2 N–H and O–H groups in total. The lowest BCUT2D eigenvalue weighted by atomic mass is 9.93. The van der Waals surface area contributed by atoms with Crippen LogP contribution in [0.15, 0.2) is 24.3 Å². The minimum absolute atomic E-state index is 0.0131. The number of nitro groups is 1. The molecule has 1 saturated heterocycles. The molecule has 2 unspecified atom stereocenters. The van der Waals surface area contributed by atoms with Crippen LogP contribution in [0.4, 0.5) is 11.4 Å². The molecule has 1 fully saturated rings. The van der Waals surface area contributed by atoms with Crippen molar-refractivity contribution in [1.82, 2.24) is 4.90 Å². The number of carbonyl (C=O) groups excluding carboxylic acids is 1. The van der Waals surface area contributed by atoms with Gasteiger partial charge in [0.1, 0.15) is 5.69 Å². The lowest BCUT2D eigenvalue weighted by molar-refractivity contribution is -0.384. The number of hydrogen-bond acceptors (Lipinski definition) is 5. The fraction of sp³-hybridized carbons (Fsp3) is 0.500. The highest BCUT2D eigenvalue weighted by Gasteiger charge is 2.32. The molecule has 2 atom stereocenters. The molecule has 0 spiro atoms. The summed E-state index contributed by atoms with van der Waals surface area (Å²) in [5.74, 6) is -1.54. The van der Waals surface area contributed by atoms with E-state index in [0.717, 1.165) is 0 Å². The number of aliphatic carboxylic acids is 1. The van der Waals surface area contributed by atoms with Gasteiger partial charge in [0, 0.05) is 31.6 Å². The third kappa shape index (κ3) is 4.21. The zero-order chi connectivity index (χ0) is 17.7. The molecule has 0 bridgehead atoms. The number of carbonyl (C=O) groups is 2. The Morgan fingerprint density at radius 1 is 1.38 bits per heavy atom. The largest absolute Gasteiger partial charge is 0.481 e. The zero-order valence-corrected chi connectivity index (χ0v) is 13.5. The minimum Gasteiger partial charge on any atom is -0.481 e. The summed E-state index contributed by atoms with van der Waals surface area (Å²) in [6, 6.07) is 6.26. The second-order valence-corrected chi connectivity index (χ2v) is 5.96. The Kier molecular flexibility index (Phi) is 5.73. The quantitative estimate of drug-likeness (QED) is 0.608. The summed E-state index contributed by atoms with van der Waals surface area (Å²) in [6.45, 7) is 2.39. The van der Waals surface area contributed by atoms with E-state index in [2.05, 4.69) is 5.32 Å². The third-order valence-electron chi connectivity index (χ3n) is 4.31. The van der Waals surface area contributed by atoms with Crippen molar-refractivity contribution in [1.29, 1.82) is 0 Å². The van der Waals surface area contributed by atoms with Crippen LogP contribution in [-0.4, -0.2) is 45.9 Å². The number of nitrogens with one attached hydrogen (secondary N) is 1. The van der Waals surface area contributed by atoms with E-state index in [9.17, 15) is 19.7 Å². The summed E-state index contributed by atoms with van der Waals surface area (Å²) in [6.07, 6.45) is 1.40. The number of benzene rings is 1. The molecule has 130 valence electrons. The van der Waals surface area contributed by atoms with Crippen LogP contribution in [0, 0.1) is 16.0 Å². The van der Waals surface area contributed by atoms with Gasteiger partial charge < -0.3 is 15.3 Å². The Morgan fingerprint density at radius 3 is 2.75 bits per heavy atom. The van der Waals surface area contributed by atoms with Gasteiger partial charge in [-0.1, -0.05) is 12.1 Å². The first-order chi connectivity index (χ1) is 11.4. The lowest BCUT2D eigenvalue weighted by Crippen LogP contribution is -2.47. The number of carboxylic acid groups (broad SMARTS) is 1. The van der Waals surface area contributed by atoms with Crippen LogP contribution >= 0.6 is 0 Å². The monoisotopic (exact) mass is 335 g/mol. The highest BCUT2D eigenvalue weighted by molar-refractivity contribution is 5.79. The van der Waals surface area contributed by atoms with Crippen molar-refractivity contribution >= 4 is 23.3 Å². The van der Waals surface area contributed by atoms with E-state index in [-0.39, 0.29) is 37.1 Å². The van der Waals surface area contributed by atoms with Gasteiger partial charge in [0.05, 0.1) is 10.8 Å². The van der Waals surface area contributed by atoms with E-state index in [1.54, 1.807) is 23.1 Å². The topological polar surface area (TPSA) is 113 Å². The maximum atomic E-state index is 12.3. The predicted molar refractivity (Wildman–Crippen MR) is 87.7 cm³/mol. The summed E-state index contributed by atoms with van der Waals surface area (Å²) in [7, 11) is 0.